The molecule has 0 radical (unpaired) electrons. The summed E-state index contributed by atoms with van der Waals surface area (Å²) in [6.07, 6.45) is 4.36. The highest BCUT2D eigenvalue weighted by Gasteiger charge is 2.55. The Morgan fingerprint density at radius 2 is 1.90 bits per heavy atom. The van der Waals surface area contributed by atoms with Crippen LogP contribution in [0.1, 0.15) is 19.4 Å². The van der Waals surface area contributed by atoms with E-state index in [1.165, 1.54) is 13.2 Å². The number of hydrogen-bond acceptors (Lipinski definition) is 8. The van der Waals surface area contributed by atoms with E-state index < -0.39 is 29.7 Å². The van der Waals surface area contributed by atoms with Gasteiger partial charge in [0.15, 0.2) is 5.79 Å². The number of carbonyl (C=O) groups excluding carboxylic acids is 1. The van der Waals surface area contributed by atoms with Gasteiger partial charge in [0, 0.05) is 32.4 Å². The van der Waals surface area contributed by atoms with Gasteiger partial charge in [-0.3, -0.25) is 4.84 Å². The molecule has 170 valence electrons. The molecule has 0 unspecified atom stereocenters. The molecule has 0 saturated carbocycles. The van der Waals surface area contributed by atoms with E-state index in [0.717, 1.165) is 5.56 Å². The van der Waals surface area contributed by atoms with Gasteiger partial charge in [-0.15, -0.1) is 0 Å². The topological polar surface area (TPSA) is 75.7 Å². The Balaban J connectivity index is 2.04. The lowest BCUT2D eigenvalue weighted by molar-refractivity contribution is -0.301. The first-order chi connectivity index (χ1) is 14.8. The largest absolute Gasteiger partial charge is 0.466 e. The quantitative estimate of drug-likeness (QED) is 0.369. The maximum atomic E-state index is 11.8. The minimum absolute atomic E-state index is 0.260. The van der Waals surface area contributed by atoms with Crippen molar-refractivity contribution in [3.05, 3.63) is 59.7 Å². The standard InChI is InChI=1S/C23H31NO7/c1-22(2)29-16-19(31-22)21-23(27-4,28-5)18(11-12-20(25)26-3)13-14-30-24(21)15-17-9-7-6-8-10-17/h6-13,19,21H,14-16H2,1-5H3/b12-11+/t19-,21-/m1/s1. The molecule has 1 saturated heterocycles. The first-order valence-electron chi connectivity index (χ1n) is 10.2. The lowest BCUT2D eigenvalue weighted by atomic mass is 9.92. The highest BCUT2D eigenvalue weighted by atomic mass is 16.8. The van der Waals surface area contributed by atoms with Crippen LogP contribution in [-0.2, 0) is 39.9 Å². The maximum absolute atomic E-state index is 11.8. The zero-order valence-corrected chi connectivity index (χ0v) is 18.7. The number of carbonyl (C=O) groups is 1. The summed E-state index contributed by atoms with van der Waals surface area (Å²) < 4.78 is 28.8. The Hall–Kier alpha value is -2.07. The van der Waals surface area contributed by atoms with Crippen LogP contribution in [-0.4, -0.2) is 69.3 Å². The molecule has 8 heteroatoms. The summed E-state index contributed by atoms with van der Waals surface area (Å²) in [5, 5.41) is 1.81. The summed E-state index contributed by atoms with van der Waals surface area (Å²) in [5.41, 5.74) is 1.68. The third kappa shape index (κ3) is 5.23. The van der Waals surface area contributed by atoms with Crippen LogP contribution < -0.4 is 0 Å². The van der Waals surface area contributed by atoms with Crippen LogP contribution in [0.5, 0.6) is 0 Å². The SMILES string of the molecule is COC(=O)/C=C/C1=CCON(Cc2ccccc2)[C@H]([C@H]2COC(C)(C)O2)C1(OC)OC. The predicted molar refractivity (Wildman–Crippen MR) is 113 cm³/mol. The monoisotopic (exact) mass is 433 g/mol. The maximum Gasteiger partial charge on any atom is 0.330 e. The van der Waals surface area contributed by atoms with Gasteiger partial charge in [-0.2, -0.15) is 5.06 Å². The van der Waals surface area contributed by atoms with Gasteiger partial charge in [0.2, 0.25) is 5.79 Å². The van der Waals surface area contributed by atoms with Crippen LogP contribution in [0.2, 0.25) is 0 Å². The summed E-state index contributed by atoms with van der Waals surface area (Å²) in [6.45, 7) is 4.79. The molecule has 3 rings (SSSR count). The second-order valence-corrected chi connectivity index (χ2v) is 7.76. The van der Waals surface area contributed by atoms with E-state index in [9.17, 15) is 4.79 Å². The molecular weight excluding hydrogens is 402 g/mol. The average molecular weight is 434 g/mol. The third-order valence-corrected chi connectivity index (χ3v) is 5.42. The van der Waals surface area contributed by atoms with Crippen molar-refractivity contribution >= 4 is 5.97 Å². The number of rotatable bonds is 7. The van der Waals surface area contributed by atoms with Gasteiger partial charge in [-0.25, -0.2) is 4.79 Å². The summed E-state index contributed by atoms with van der Waals surface area (Å²) >= 11 is 0. The normalized spacial score (nSPS) is 25.9. The number of esters is 1. The number of hydrogen-bond donors (Lipinski definition) is 0. The minimum atomic E-state index is -1.29. The molecule has 0 spiro atoms. The molecule has 2 aliphatic rings. The molecule has 0 amide bonds. The van der Waals surface area contributed by atoms with Crippen LogP contribution in [0.4, 0.5) is 0 Å². The van der Waals surface area contributed by atoms with E-state index in [1.54, 1.807) is 20.3 Å². The van der Waals surface area contributed by atoms with Crippen molar-refractivity contribution in [2.75, 3.05) is 34.5 Å². The summed E-state index contributed by atoms with van der Waals surface area (Å²) in [6, 6.07) is 9.42. The minimum Gasteiger partial charge on any atom is -0.466 e. The lowest BCUT2D eigenvalue weighted by Gasteiger charge is -2.44. The van der Waals surface area contributed by atoms with Crippen molar-refractivity contribution in [2.45, 2.75) is 44.1 Å². The molecule has 0 aromatic heterocycles. The van der Waals surface area contributed by atoms with Crippen molar-refractivity contribution in [3.63, 3.8) is 0 Å². The van der Waals surface area contributed by atoms with Crippen molar-refractivity contribution in [3.8, 4) is 0 Å². The fourth-order valence-corrected chi connectivity index (χ4v) is 3.98. The fourth-order valence-electron chi connectivity index (χ4n) is 3.98. The number of hydroxylamine groups is 2. The van der Waals surface area contributed by atoms with E-state index in [4.69, 9.17) is 28.5 Å². The molecule has 2 atom stereocenters. The smallest absolute Gasteiger partial charge is 0.330 e. The second kappa shape index (κ2) is 10.0. The second-order valence-electron chi connectivity index (χ2n) is 7.76. The van der Waals surface area contributed by atoms with Gasteiger partial charge in [0.1, 0.15) is 12.1 Å². The highest BCUT2D eigenvalue weighted by molar-refractivity contribution is 5.82. The molecular formula is C23H31NO7. The number of ether oxygens (including phenoxy) is 5. The molecule has 0 bridgehead atoms. The van der Waals surface area contributed by atoms with Gasteiger partial charge >= 0.3 is 5.97 Å². The molecule has 2 aliphatic heterocycles. The van der Waals surface area contributed by atoms with E-state index in [-0.39, 0.29) is 6.61 Å². The van der Waals surface area contributed by atoms with Crippen LogP contribution in [0.3, 0.4) is 0 Å². The molecule has 2 heterocycles. The molecule has 1 fully saturated rings. The van der Waals surface area contributed by atoms with E-state index in [0.29, 0.717) is 18.7 Å². The molecule has 0 aliphatic carbocycles. The van der Waals surface area contributed by atoms with E-state index in [2.05, 4.69) is 0 Å². The Morgan fingerprint density at radius 3 is 2.48 bits per heavy atom. The summed E-state index contributed by atoms with van der Waals surface area (Å²) in [5.74, 6) is -2.52. The van der Waals surface area contributed by atoms with Gasteiger partial charge in [0.05, 0.1) is 20.3 Å². The molecule has 8 nitrogen and oxygen atoms in total. The van der Waals surface area contributed by atoms with E-state index >= 15 is 0 Å². The summed E-state index contributed by atoms with van der Waals surface area (Å²) in [7, 11) is 4.44. The first kappa shape index (κ1) is 23.6. The van der Waals surface area contributed by atoms with Gasteiger partial charge < -0.3 is 23.7 Å². The molecule has 0 N–H and O–H groups in total. The average Bonchev–Trinajstić information content (AvgIpc) is 3.05. The van der Waals surface area contributed by atoms with Crippen LogP contribution in [0.15, 0.2) is 54.1 Å². The zero-order chi connectivity index (χ0) is 22.5. The van der Waals surface area contributed by atoms with Crippen molar-refractivity contribution in [1.29, 1.82) is 0 Å². The van der Waals surface area contributed by atoms with Crippen LogP contribution >= 0.6 is 0 Å². The lowest BCUT2D eigenvalue weighted by Crippen LogP contribution is -2.61. The Bertz CT molecular complexity index is 801. The molecule has 31 heavy (non-hydrogen) atoms. The van der Waals surface area contributed by atoms with Crippen LogP contribution in [0.25, 0.3) is 0 Å². The Kier molecular flexibility index (Phi) is 7.64. The van der Waals surface area contributed by atoms with Crippen molar-refractivity contribution < 1.29 is 33.3 Å². The first-order valence-corrected chi connectivity index (χ1v) is 10.2. The van der Waals surface area contributed by atoms with Gasteiger partial charge in [-0.1, -0.05) is 30.3 Å². The van der Waals surface area contributed by atoms with Crippen LogP contribution in [0, 0.1) is 0 Å². The zero-order valence-electron chi connectivity index (χ0n) is 18.7. The molecule has 1 aromatic rings. The van der Waals surface area contributed by atoms with Crippen molar-refractivity contribution in [2.24, 2.45) is 0 Å². The summed E-state index contributed by atoms with van der Waals surface area (Å²) in [4.78, 5) is 17.9. The third-order valence-electron chi connectivity index (χ3n) is 5.42. The van der Waals surface area contributed by atoms with Crippen molar-refractivity contribution in [1.82, 2.24) is 5.06 Å². The Morgan fingerprint density at radius 1 is 1.19 bits per heavy atom. The number of nitrogens with zero attached hydrogens (tertiary/aromatic N) is 1. The molecule has 1 aromatic carbocycles. The highest BCUT2D eigenvalue weighted by Crippen LogP contribution is 2.39. The predicted octanol–water partition coefficient (Wildman–Crippen LogP) is 2.60. The number of benzene rings is 1. The fraction of sp³-hybridized carbons (Fsp3) is 0.522. The number of methoxy groups -OCH3 is 3. The van der Waals surface area contributed by atoms with Gasteiger partial charge in [0.25, 0.3) is 0 Å². The van der Waals surface area contributed by atoms with Gasteiger partial charge in [-0.05, 0) is 31.6 Å². The Labute approximate surface area is 183 Å². The van der Waals surface area contributed by atoms with E-state index in [1.807, 2.05) is 55.3 Å².